The summed E-state index contributed by atoms with van der Waals surface area (Å²) in [5.74, 6) is 1.07. The second kappa shape index (κ2) is 5.80. The largest absolute Gasteiger partial charge is 0.439 e. The summed E-state index contributed by atoms with van der Waals surface area (Å²) in [5.41, 5.74) is 7.33. The monoisotopic (exact) mass is 260 g/mol. The molecule has 100 valence electrons. The van der Waals surface area contributed by atoms with Crippen LogP contribution in [0.15, 0.2) is 36.5 Å². The van der Waals surface area contributed by atoms with Crippen molar-refractivity contribution in [3.05, 3.63) is 53.5 Å². The first-order chi connectivity index (χ1) is 9.10. The van der Waals surface area contributed by atoms with E-state index in [4.69, 9.17) is 10.5 Å². The molecule has 1 aromatic heterocycles. The standard InChI is InChI=1S/C15H17FN2O/c1-10(2)11-3-5-14(6-4-11)19-15-12(8-17)7-13(16)9-18-15/h3-7,9-10H,8,17H2,1-2H3. The van der Waals surface area contributed by atoms with Gasteiger partial charge in [-0.15, -0.1) is 0 Å². The van der Waals surface area contributed by atoms with E-state index in [1.807, 2.05) is 24.3 Å². The number of benzene rings is 1. The van der Waals surface area contributed by atoms with Crippen molar-refractivity contribution in [2.45, 2.75) is 26.3 Å². The predicted molar refractivity (Wildman–Crippen MR) is 72.7 cm³/mol. The summed E-state index contributed by atoms with van der Waals surface area (Å²) >= 11 is 0. The van der Waals surface area contributed by atoms with Crippen LogP contribution in [0.2, 0.25) is 0 Å². The summed E-state index contributed by atoms with van der Waals surface area (Å²) in [4.78, 5) is 3.92. The van der Waals surface area contributed by atoms with Crippen LogP contribution in [-0.2, 0) is 6.54 Å². The molecule has 0 aliphatic rings. The van der Waals surface area contributed by atoms with E-state index in [1.165, 1.54) is 11.6 Å². The third-order valence-corrected chi connectivity index (χ3v) is 2.87. The minimum Gasteiger partial charge on any atom is -0.439 e. The van der Waals surface area contributed by atoms with E-state index in [2.05, 4.69) is 18.8 Å². The predicted octanol–water partition coefficient (Wildman–Crippen LogP) is 3.60. The Hall–Kier alpha value is -1.94. The minimum absolute atomic E-state index is 0.185. The summed E-state index contributed by atoms with van der Waals surface area (Å²) in [5, 5.41) is 0. The zero-order valence-corrected chi connectivity index (χ0v) is 11.1. The first-order valence-corrected chi connectivity index (χ1v) is 6.22. The lowest BCUT2D eigenvalue weighted by Crippen LogP contribution is -2.02. The van der Waals surface area contributed by atoms with Crippen molar-refractivity contribution in [1.82, 2.24) is 4.98 Å². The Bertz CT molecular complexity index is 553. The maximum Gasteiger partial charge on any atom is 0.223 e. The Balaban J connectivity index is 2.21. The fourth-order valence-electron chi connectivity index (χ4n) is 1.74. The molecule has 0 unspecified atom stereocenters. The van der Waals surface area contributed by atoms with Gasteiger partial charge in [-0.2, -0.15) is 0 Å². The Labute approximate surface area is 112 Å². The van der Waals surface area contributed by atoms with Gasteiger partial charge in [0, 0.05) is 12.1 Å². The number of rotatable bonds is 4. The molecule has 2 rings (SSSR count). The van der Waals surface area contributed by atoms with E-state index in [1.54, 1.807) is 0 Å². The highest BCUT2D eigenvalue weighted by molar-refractivity contribution is 5.34. The first kappa shape index (κ1) is 13.5. The smallest absolute Gasteiger partial charge is 0.223 e. The number of nitrogens with zero attached hydrogens (tertiary/aromatic N) is 1. The lowest BCUT2D eigenvalue weighted by Gasteiger charge is -2.10. The van der Waals surface area contributed by atoms with E-state index in [-0.39, 0.29) is 6.54 Å². The zero-order chi connectivity index (χ0) is 13.8. The van der Waals surface area contributed by atoms with Crippen LogP contribution < -0.4 is 10.5 Å². The number of hydrogen-bond acceptors (Lipinski definition) is 3. The summed E-state index contributed by atoms with van der Waals surface area (Å²) in [6.45, 7) is 4.44. The van der Waals surface area contributed by atoms with Gasteiger partial charge >= 0.3 is 0 Å². The summed E-state index contributed by atoms with van der Waals surface area (Å²) in [6.07, 6.45) is 1.12. The number of nitrogens with two attached hydrogens (primary N) is 1. The molecule has 0 amide bonds. The van der Waals surface area contributed by atoms with Crippen LogP contribution in [-0.4, -0.2) is 4.98 Å². The Kier molecular flexibility index (Phi) is 4.12. The van der Waals surface area contributed by atoms with Gasteiger partial charge in [-0.05, 0) is 29.7 Å². The average molecular weight is 260 g/mol. The number of pyridine rings is 1. The number of halogens is 1. The lowest BCUT2D eigenvalue weighted by molar-refractivity contribution is 0.452. The number of hydrogen-bond donors (Lipinski definition) is 1. The molecule has 4 heteroatoms. The molecule has 0 atom stereocenters. The van der Waals surface area contributed by atoms with Gasteiger partial charge in [0.05, 0.1) is 6.20 Å². The van der Waals surface area contributed by atoms with Gasteiger partial charge in [0.15, 0.2) is 0 Å². The van der Waals surface area contributed by atoms with Crippen LogP contribution in [0.4, 0.5) is 4.39 Å². The first-order valence-electron chi connectivity index (χ1n) is 6.22. The van der Waals surface area contributed by atoms with E-state index in [9.17, 15) is 4.39 Å². The van der Waals surface area contributed by atoms with Crippen molar-refractivity contribution in [1.29, 1.82) is 0 Å². The Morgan fingerprint density at radius 2 is 1.95 bits per heavy atom. The van der Waals surface area contributed by atoms with Gasteiger partial charge in [0.1, 0.15) is 11.6 Å². The Morgan fingerprint density at radius 3 is 2.53 bits per heavy atom. The molecule has 0 aliphatic heterocycles. The van der Waals surface area contributed by atoms with Crippen molar-refractivity contribution in [3.8, 4) is 11.6 Å². The topological polar surface area (TPSA) is 48.1 Å². The highest BCUT2D eigenvalue weighted by Crippen LogP contribution is 2.25. The van der Waals surface area contributed by atoms with Gasteiger partial charge in [0.2, 0.25) is 5.88 Å². The fourth-order valence-corrected chi connectivity index (χ4v) is 1.74. The zero-order valence-electron chi connectivity index (χ0n) is 11.1. The SMILES string of the molecule is CC(C)c1ccc(Oc2ncc(F)cc2CN)cc1. The molecule has 2 N–H and O–H groups in total. The molecule has 1 aromatic carbocycles. The highest BCUT2D eigenvalue weighted by atomic mass is 19.1. The Morgan fingerprint density at radius 1 is 1.26 bits per heavy atom. The van der Waals surface area contributed by atoms with E-state index >= 15 is 0 Å². The van der Waals surface area contributed by atoms with Gasteiger partial charge in [0.25, 0.3) is 0 Å². The molecular formula is C15H17FN2O. The third kappa shape index (κ3) is 3.29. The van der Waals surface area contributed by atoms with Crippen molar-refractivity contribution in [2.75, 3.05) is 0 Å². The average Bonchev–Trinajstić information content (AvgIpc) is 2.41. The van der Waals surface area contributed by atoms with Gasteiger partial charge in [-0.25, -0.2) is 9.37 Å². The molecule has 2 aromatic rings. The van der Waals surface area contributed by atoms with Crippen molar-refractivity contribution < 1.29 is 9.13 Å². The van der Waals surface area contributed by atoms with E-state index < -0.39 is 5.82 Å². The van der Waals surface area contributed by atoms with Crippen molar-refractivity contribution >= 4 is 0 Å². The molecule has 0 spiro atoms. The van der Waals surface area contributed by atoms with Crippen molar-refractivity contribution in [2.24, 2.45) is 5.73 Å². The van der Waals surface area contributed by atoms with Gasteiger partial charge in [-0.3, -0.25) is 0 Å². The molecule has 1 heterocycles. The lowest BCUT2D eigenvalue weighted by atomic mass is 10.0. The van der Waals surface area contributed by atoms with Crippen LogP contribution in [0.1, 0.15) is 30.9 Å². The minimum atomic E-state index is -0.414. The summed E-state index contributed by atoms with van der Waals surface area (Å²) in [6, 6.07) is 9.10. The quantitative estimate of drug-likeness (QED) is 0.913. The van der Waals surface area contributed by atoms with Gasteiger partial charge < -0.3 is 10.5 Å². The van der Waals surface area contributed by atoms with Crippen LogP contribution >= 0.6 is 0 Å². The molecule has 0 saturated heterocycles. The maximum absolute atomic E-state index is 13.0. The van der Waals surface area contributed by atoms with E-state index in [0.717, 1.165) is 6.20 Å². The maximum atomic E-state index is 13.0. The van der Waals surface area contributed by atoms with Gasteiger partial charge in [-0.1, -0.05) is 26.0 Å². The number of aromatic nitrogens is 1. The molecule has 0 aliphatic carbocycles. The summed E-state index contributed by atoms with van der Waals surface area (Å²) < 4.78 is 18.7. The van der Waals surface area contributed by atoms with Crippen molar-refractivity contribution in [3.63, 3.8) is 0 Å². The number of ether oxygens (including phenoxy) is 1. The molecule has 0 saturated carbocycles. The fraction of sp³-hybridized carbons (Fsp3) is 0.267. The van der Waals surface area contributed by atoms with Crippen LogP contribution in [0.5, 0.6) is 11.6 Å². The van der Waals surface area contributed by atoms with E-state index in [0.29, 0.717) is 23.1 Å². The second-order valence-electron chi connectivity index (χ2n) is 4.65. The molecule has 0 fully saturated rings. The third-order valence-electron chi connectivity index (χ3n) is 2.87. The molecule has 0 radical (unpaired) electrons. The van der Waals surface area contributed by atoms with Crippen LogP contribution in [0.25, 0.3) is 0 Å². The molecular weight excluding hydrogens is 243 g/mol. The molecule has 19 heavy (non-hydrogen) atoms. The molecule has 0 bridgehead atoms. The van der Waals surface area contributed by atoms with Crippen LogP contribution in [0, 0.1) is 5.82 Å². The van der Waals surface area contributed by atoms with Crippen LogP contribution in [0.3, 0.4) is 0 Å². The second-order valence-corrected chi connectivity index (χ2v) is 4.65. The normalized spacial score (nSPS) is 10.8. The highest BCUT2D eigenvalue weighted by Gasteiger charge is 2.07. The molecule has 3 nitrogen and oxygen atoms in total. The summed E-state index contributed by atoms with van der Waals surface area (Å²) in [7, 11) is 0.